The van der Waals surface area contributed by atoms with E-state index in [1.165, 1.54) is 59.6 Å². The lowest BCUT2D eigenvalue weighted by Gasteiger charge is -2.11. The number of fused-ring (bicyclic) bond motifs is 12. The summed E-state index contributed by atoms with van der Waals surface area (Å²) < 4.78 is 11.1. The highest BCUT2D eigenvalue weighted by Gasteiger charge is 2.22. The fourth-order valence-electron chi connectivity index (χ4n) is 8.76. The molecule has 0 saturated carbocycles. The monoisotopic (exact) mass is 675 g/mol. The SMILES string of the molecule is c1cc(-c2ccc3c(c2)oc2ccccc23)cc(-n2c3ccccc3c3c2ccc2c4cc5cc6ccccc6cc5cc4n(-c4cccnc4)c23)c1. The molecule has 0 amide bonds. The van der Waals surface area contributed by atoms with E-state index in [2.05, 4.69) is 160 Å². The Hall–Kier alpha value is -7.17. The van der Waals surface area contributed by atoms with E-state index in [9.17, 15) is 0 Å². The lowest BCUT2D eigenvalue weighted by atomic mass is 10.0. The van der Waals surface area contributed by atoms with Gasteiger partial charge in [-0.1, -0.05) is 84.9 Å². The van der Waals surface area contributed by atoms with E-state index in [0.717, 1.165) is 50.0 Å². The first-order valence-electron chi connectivity index (χ1n) is 18.0. The third kappa shape index (κ3) is 4.09. The van der Waals surface area contributed by atoms with Gasteiger partial charge in [-0.15, -0.1) is 0 Å². The minimum Gasteiger partial charge on any atom is -0.456 e. The standard InChI is InChI=1S/C49H29N3O/c1-2-10-31-24-35-27-45-42(26-34(35)23-30(31)9-1)40-20-21-44-48(49(40)52(45)37-13-8-22-50-29-37)41-15-3-5-16-43(41)51(44)36-12-7-11-32(25-36)33-18-19-39-38-14-4-6-17-46(38)53-47(39)28-33/h1-29H. The van der Waals surface area contributed by atoms with Crippen LogP contribution in [0.4, 0.5) is 0 Å². The lowest BCUT2D eigenvalue weighted by Crippen LogP contribution is -1.96. The number of aromatic nitrogens is 3. The van der Waals surface area contributed by atoms with Gasteiger partial charge in [0, 0.05) is 44.2 Å². The van der Waals surface area contributed by atoms with Crippen LogP contribution in [0.15, 0.2) is 181 Å². The van der Waals surface area contributed by atoms with Crippen molar-refractivity contribution in [2.45, 2.75) is 0 Å². The number of pyridine rings is 1. The van der Waals surface area contributed by atoms with Gasteiger partial charge in [-0.2, -0.15) is 0 Å². The van der Waals surface area contributed by atoms with Crippen molar-refractivity contribution < 1.29 is 4.42 Å². The maximum Gasteiger partial charge on any atom is 0.136 e. The molecule has 12 aromatic rings. The molecule has 4 aromatic heterocycles. The molecule has 0 aliphatic heterocycles. The van der Waals surface area contributed by atoms with Crippen LogP contribution in [-0.4, -0.2) is 14.1 Å². The van der Waals surface area contributed by atoms with Gasteiger partial charge >= 0.3 is 0 Å². The van der Waals surface area contributed by atoms with Crippen molar-refractivity contribution in [3.05, 3.63) is 176 Å². The predicted octanol–water partition coefficient (Wildman–Crippen LogP) is 13.1. The zero-order valence-electron chi connectivity index (χ0n) is 28.5. The van der Waals surface area contributed by atoms with Gasteiger partial charge in [0.15, 0.2) is 0 Å². The first-order valence-corrected chi connectivity index (χ1v) is 18.0. The Labute approximate surface area is 303 Å². The molecule has 0 fully saturated rings. The normalized spacial score (nSPS) is 12.2. The summed E-state index contributed by atoms with van der Waals surface area (Å²) in [6.45, 7) is 0. The molecule has 8 aromatic carbocycles. The first kappa shape index (κ1) is 28.5. The molecular formula is C49H29N3O. The van der Waals surface area contributed by atoms with Crippen LogP contribution in [0.5, 0.6) is 0 Å². The Morgan fingerprint density at radius 3 is 2.00 bits per heavy atom. The van der Waals surface area contributed by atoms with Crippen LogP contribution in [0.2, 0.25) is 0 Å². The number of rotatable bonds is 3. The second kappa shape index (κ2) is 10.7. The zero-order chi connectivity index (χ0) is 34.6. The molecule has 4 heterocycles. The van der Waals surface area contributed by atoms with Gasteiger partial charge in [0.05, 0.1) is 34.0 Å². The van der Waals surface area contributed by atoms with Crippen molar-refractivity contribution in [3.63, 3.8) is 0 Å². The molecule has 0 atom stereocenters. The van der Waals surface area contributed by atoms with Crippen LogP contribution < -0.4 is 0 Å². The van der Waals surface area contributed by atoms with Gasteiger partial charge in [0.2, 0.25) is 0 Å². The molecule has 0 radical (unpaired) electrons. The number of furan rings is 1. The molecule has 0 saturated heterocycles. The average Bonchev–Trinajstić information content (AvgIpc) is 3.86. The van der Waals surface area contributed by atoms with Gasteiger partial charge < -0.3 is 13.6 Å². The van der Waals surface area contributed by atoms with Crippen LogP contribution in [0.3, 0.4) is 0 Å². The maximum absolute atomic E-state index is 6.28. The van der Waals surface area contributed by atoms with E-state index in [4.69, 9.17) is 4.42 Å². The van der Waals surface area contributed by atoms with E-state index < -0.39 is 0 Å². The molecule has 0 spiro atoms. The van der Waals surface area contributed by atoms with Crippen molar-refractivity contribution in [2.24, 2.45) is 0 Å². The van der Waals surface area contributed by atoms with E-state index in [0.29, 0.717) is 0 Å². The molecule has 4 nitrogen and oxygen atoms in total. The highest BCUT2D eigenvalue weighted by molar-refractivity contribution is 6.27. The number of nitrogens with zero attached hydrogens (tertiary/aromatic N) is 3. The molecule has 0 N–H and O–H groups in total. The number of hydrogen-bond acceptors (Lipinski definition) is 2. The highest BCUT2D eigenvalue weighted by Crippen LogP contribution is 2.43. The van der Waals surface area contributed by atoms with E-state index in [1.807, 2.05) is 30.6 Å². The zero-order valence-corrected chi connectivity index (χ0v) is 28.5. The largest absolute Gasteiger partial charge is 0.456 e. The third-order valence-electron chi connectivity index (χ3n) is 11.1. The Bertz CT molecular complexity index is 3460. The molecule has 12 rings (SSSR count). The molecular weight excluding hydrogens is 647 g/mol. The fraction of sp³-hybridized carbons (Fsp3) is 0. The topological polar surface area (TPSA) is 35.9 Å². The summed E-state index contributed by atoms with van der Waals surface area (Å²) in [5, 5.41) is 12.1. The average molecular weight is 676 g/mol. The summed E-state index contributed by atoms with van der Waals surface area (Å²) in [4.78, 5) is 4.59. The van der Waals surface area contributed by atoms with Crippen LogP contribution in [0.1, 0.15) is 0 Å². The Balaban J connectivity index is 1.14. The molecule has 0 aliphatic rings. The smallest absolute Gasteiger partial charge is 0.136 e. The van der Waals surface area contributed by atoms with Crippen molar-refractivity contribution in [1.29, 1.82) is 0 Å². The second-order valence-corrected chi connectivity index (χ2v) is 14.0. The minimum atomic E-state index is 0.900. The quantitative estimate of drug-likeness (QED) is 0.175. The Morgan fingerprint density at radius 2 is 1.13 bits per heavy atom. The van der Waals surface area contributed by atoms with E-state index in [-0.39, 0.29) is 0 Å². The van der Waals surface area contributed by atoms with Gasteiger partial charge in [-0.25, -0.2) is 0 Å². The Kier molecular flexibility index (Phi) is 5.74. The predicted molar refractivity (Wildman–Crippen MR) is 221 cm³/mol. The van der Waals surface area contributed by atoms with Crippen molar-refractivity contribution in [3.8, 4) is 22.5 Å². The summed E-state index contributed by atoms with van der Waals surface area (Å²) in [7, 11) is 0. The summed E-state index contributed by atoms with van der Waals surface area (Å²) >= 11 is 0. The van der Waals surface area contributed by atoms with Gasteiger partial charge in [-0.3, -0.25) is 4.98 Å². The van der Waals surface area contributed by atoms with Crippen molar-refractivity contribution >= 4 is 87.1 Å². The first-order chi connectivity index (χ1) is 26.3. The van der Waals surface area contributed by atoms with Crippen molar-refractivity contribution in [2.75, 3.05) is 0 Å². The summed E-state index contributed by atoms with van der Waals surface area (Å²) in [5.74, 6) is 0. The molecule has 246 valence electrons. The summed E-state index contributed by atoms with van der Waals surface area (Å²) in [5.41, 5.74) is 10.9. The van der Waals surface area contributed by atoms with Crippen LogP contribution in [0.25, 0.3) is 110 Å². The summed E-state index contributed by atoms with van der Waals surface area (Å²) in [6, 6.07) is 59.3. The van der Waals surface area contributed by atoms with Gasteiger partial charge in [0.1, 0.15) is 11.2 Å². The van der Waals surface area contributed by atoms with Crippen molar-refractivity contribution in [1.82, 2.24) is 14.1 Å². The molecule has 0 aliphatic carbocycles. The maximum atomic E-state index is 6.28. The molecule has 0 bridgehead atoms. The Morgan fingerprint density at radius 1 is 0.396 bits per heavy atom. The third-order valence-corrected chi connectivity index (χ3v) is 11.1. The van der Waals surface area contributed by atoms with E-state index >= 15 is 0 Å². The summed E-state index contributed by atoms with van der Waals surface area (Å²) in [6.07, 6.45) is 3.82. The van der Waals surface area contributed by atoms with Gasteiger partial charge in [0.25, 0.3) is 0 Å². The number of para-hydroxylation sites is 2. The number of benzene rings is 8. The van der Waals surface area contributed by atoms with Crippen LogP contribution in [-0.2, 0) is 0 Å². The van der Waals surface area contributed by atoms with Crippen LogP contribution in [0, 0.1) is 0 Å². The minimum absolute atomic E-state index is 0.900. The lowest BCUT2D eigenvalue weighted by molar-refractivity contribution is 0.669. The number of hydrogen-bond donors (Lipinski definition) is 0. The highest BCUT2D eigenvalue weighted by atomic mass is 16.3. The second-order valence-electron chi connectivity index (χ2n) is 14.0. The molecule has 53 heavy (non-hydrogen) atoms. The molecule has 0 unspecified atom stereocenters. The van der Waals surface area contributed by atoms with Crippen LogP contribution >= 0.6 is 0 Å². The van der Waals surface area contributed by atoms with Gasteiger partial charge in [-0.05, 0) is 112 Å². The fourth-order valence-corrected chi connectivity index (χ4v) is 8.76. The van der Waals surface area contributed by atoms with E-state index in [1.54, 1.807) is 0 Å². The molecule has 4 heteroatoms.